The van der Waals surface area contributed by atoms with E-state index in [2.05, 4.69) is 5.32 Å². The van der Waals surface area contributed by atoms with Gasteiger partial charge in [-0.1, -0.05) is 6.08 Å². The van der Waals surface area contributed by atoms with Gasteiger partial charge in [-0.25, -0.2) is 4.21 Å². The topological polar surface area (TPSA) is 49.3 Å². The molecule has 1 heterocycles. The molecule has 4 heteroatoms. The highest BCUT2D eigenvalue weighted by Crippen LogP contribution is 2.07. The van der Waals surface area contributed by atoms with E-state index in [9.17, 15) is 4.21 Å². The standard InChI is InChI=1S/C5H7NO2S/c7-9(8)5-2-1-3-6-4-5/h1,3-4,6H,2H2,(H,7,8). The van der Waals surface area contributed by atoms with E-state index in [1.807, 2.05) is 0 Å². The van der Waals surface area contributed by atoms with E-state index in [-0.39, 0.29) is 0 Å². The molecular formula is C5H7NO2S. The molecule has 0 radical (unpaired) electrons. The van der Waals surface area contributed by atoms with Gasteiger partial charge >= 0.3 is 0 Å². The van der Waals surface area contributed by atoms with Crippen LogP contribution in [0.25, 0.3) is 0 Å². The van der Waals surface area contributed by atoms with Gasteiger partial charge in [-0.3, -0.25) is 0 Å². The summed E-state index contributed by atoms with van der Waals surface area (Å²) in [4.78, 5) is 0.512. The second-order valence-corrected chi connectivity index (χ2v) is 2.66. The largest absolute Gasteiger partial charge is 0.367 e. The Balaban J connectivity index is 2.61. The zero-order chi connectivity index (χ0) is 6.69. The van der Waals surface area contributed by atoms with Gasteiger partial charge in [-0.2, -0.15) is 0 Å². The van der Waals surface area contributed by atoms with Gasteiger partial charge in [0.15, 0.2) is 11.1 Å². The summed E-state index contributed by atoms with van der Waals surface area (Å²) in [5.74, 6) is 0. The predicted octanol–water partition coefficient (Wildman–Crippen LogP) is 0.557. The third kappa shape index (κ3) is 1.65. The molecule has 0 aromatic heterocycles. The highest BCUT2D eigenvalue weighted by molar-refractivity contribution is 7.83. The molecule has 1 rings (SSSR count). The molecular weight excluding hydrogens is 138 g/mol. The SMILES string of the molecule is O=S(O)C1=CNC=CC1. The van der Waals surface area contributed by atoms with E-state index >= 15 is 0 Å². The zero-order valence-corrected chi connectivity index (χ0v) is 5.52. The molecule has 0 bridgehead atoms. The van der Waals surface area contributed by atoms with Crippen molar-refractivity contribution >= 4 is 11.1 Å². The van der Waals surface area contributed by atoms with E-state index in [4.69, 9.17) is 4.55 Å². The molecule has 9 heavy (non-hydrogen) atoms. The van der Waals surface area contributed by atoms with Crippen LogP contribution >= 0.6 is 0 Å². The van der Waals surface area contributed by atoms with Gasteiger partial charge < -0.3 is 9.87 Å². The van der Waals surface area contributed by atoms with Crippen LogP contribution < -0.4 is 5.32 Å². The maximum atomic E-state index is 10.3. The van der Waals surface area contributed by atoms with Gasteiger partial charge in [0.25, 0.3) is 0 Å². The Labute approximate surface area is 55.7 Å². The maximum absolute atomic E-state index is 10.3. The van der Waals surface area contributed by atoms with Gasteiger partial charge in [0.1, 0.15) is 0 Å². The first-order valence-electron chi connectivity index (χ1n) is 2.51. The second kappa shape index (κ2) is 2.80. The predicted molar refractivity (Wildman–Crippen MR) is 35.7 cm³/mol. The first-order valence-corrected chi connectivity index (χ1v) is 3.62. The van der Waals surface area contributed by atoms with Crippen LogP contribution in [0.4, 0.5) is 0 Å². The van der Waals surface area contributed by atoms with E-state index in [0.29, 0.717) is 11.3 Å². The molecule has 0 aromatic rings. The third-order valence-corrected chi connectivity index (χ3v) is 1.73. The molecule has 2 N–H and O–H groups in total. The summed E-state index contributed by atoms with van der Waals surface area (Å²) < 4.78 is 18.8. The van der Waals surface area contributed by atoms with Crippen molar-refractivity contribution in [2.45, 2.75) is 6.42 Å². The molecule has 0 saturated carbocycles. The van der Waals surface area contributed by atoms with Crippen LogP contribution in [-0.2, 0) is 11.1 Å². The van der Waals surface area contributed by atoms with Crippen LogP contribution in [-0.4, -0.2) is 8.76 Å². The number of hydrogen-bond acceptors (Lipinski definition) is 2. The monoisotopic (exact) mass is 145 g/mol. The molecule has 0 spiro atoms. The summed E-state index contributed by atoms with van der Waals surface area (Å²) in [6.07, 6.45) is 5.63. The average Bonchev–Trinajstić information content (AvgIpc) is 1.90. The minimum Gasteiger partial charge on any atom is -0.367 e. The normalized spacial score (nSPS) is 20.3. The van der Waals surface area contributed by atoms with E-state index < -0.39 is 11.1 Å². The minimum absolute atomic E-state index is 0.512. The first kappa shape index (κ1) is 6.51. The quantitative estimate of drug-likeness (QED) is 0.530. The van der Waals surface area contributed by atoms with Crippen LogP contribution in [0.15, 0.2) is 23.4 Å². The number of dihydropyridines is 1. The highest BCUT2D eigenvalue weighted by atomic mass is 32.2. The van der Waals surface area contributed by atoms with Gasteiger partial charge in [0.2, 0.25) is 0 Å². The maximum Gasteiger partial charge on any atom is 0.184 e. The summed E-state index contributed by atoms with van der Waals surface area (Å²) in [6.45, 7) is 0. The lowest BCUT2D eigenvalue weighted by Gasteiger charge is -2.02. The van der Waals surface area contributed by atoms with Crippen LogP contribution in [0, 0.1) is 0 Å². The van der Waals surface area contributed by atoms with Gasteiger partial charge in [0, 0.05) is 12.6 Å². The lowest BCUT2D eigenvalue weighted by Crippen LogP contribution is -2.04. The summed E-state index contributed by atoms with van der Waals surface area (Å²) in [5.41, 5.74) is 0. The lowest BCUT2D eigenvalue weighted by atomic mass is 10.3. The number of rotatable bonds is 1. The lowest BCUT2D eigenvalue weighted by molar-refractivity contribution is 0.569. The Hall–Kier alpha value is -0.610. The average molecular weight is 145 g/mol. The van der Waals surface area contributed by atoms with E-state index in [0.717, 1.165) is 0 Å². The molecule has 0 fully saturated rings. The molecule has 1 atom stereocenters. The third-order valence-electron chi connectivity index (χ3n) is 1.00. The molecule has 1 aliphatic heterocycles. The summed E-state index contributed by atoms with van der Waals surface area (Å²) in [5, 5.41) is 2.72. The van der Waals surface area contributed by atoms with Crippen molar-refractivity contribution < 1.29 is 8.76 Å². The van der Waals surface area contributed by atoms with Gasteiger partial charge in [0.05, 0.1) is 4.91 Å². The molecule has 1 unspecified atom stereocenters. The van der Waals surface area contributed by atoms with Crippen molar-refractivity contribution in [3.8, 4) is 0 Å². The molecule has 0 aromatic carbocycles. The summed E-state index contributed by atoms with van der Waals surface area (Å²) in [7, 11) is 0. The fourth-order valence-corrected chi connectivity index (χ4v) is 0.972. The van der Waals surface area contributed by atoms with E-state index in [1.165, 1.54) is 6.20 Å². The van der Waals surface area contributed by atoms with Gasteiger partial charge in [-0.15, -0.1) is 0 Å². The summed E-state index contributed by atoms with van der Waals surface area (Å²) in [6, 6.07) is 0. The number of allylic oxidation sites excluding steroid dienone is 2. The fraction of sp³-hybridized carbons (Fsp3) is 0.200. The van der Waals surface area contributed by atoms with Crippen LogP contribution in [0.3, 0.4) is 0 Å². The van der Waals surface area contributed by atoms with Crippen LogP contribution in [0.1, 0.15) is 6.42 Å². The first-order chi connectivity index (χ1) is 4.30. The minimum atomic E-state index is -1.80. The smallest absolute Gasteiger partial charge is 0.184 e. The van der Waals surface area contributed by atoms with E-state index in [1.54, 1.807) is 12.3 Å². The van der Waals surface area contributed by atoms with Crippen molar-refractivity contribution in [3.63, 3.8) is 0 Å². The Morgan fingerprint density at radius 3 is 2.89 bits per heavy atom. The molecule has 0 saturated heterocycles. The Bertz CT molecular complexity index is 185. The molecule has 1 aliphatic rings. The van der Waals surface area contributed by atoms with Crippen molar-refractivity contribution in [1.82, 2.24) is 5.32 Å². The second-order valence-electron chi connectivity index (χ2n) is 1.63. The molecule has 50 valence electrons. The van der Waals surface area contributed by atoms with Crippen molar-refractivity contribution in [2.75, 3.05) is 0 Å². The highest BCUT2D eigenvalue weighted by Gasteiger charge is 2.02. The van der Waals surface area contributed by atoms with Crippen molar-refractivity contribution in [2.24, 2.45) is 0 Å². The van der Waals surface area contributed by atoms with Gasteiger partial charge in [-0.05, 0) is 6.20 Å². The summed E-state index contributed by atoms with van der Waals surface area (Å²) >= 11 is -1.80. The van der Waals surface area contributed by atoms with Crippen LogP contribution in [0.5, 0.6) is 0 Å². The number of nitrogens with one attached hydrogen (secondary N) is 1. The zero-order valence-electron chi connectivity index (χ0n) is 4.70. The molecule has 0 aliphatic carbocycles. The molecule has 0 amide bonds. The molecule has 3 nitrogen and oxygen atoms in total. The van der Waals surface area contributed by atoms with Crippen LogP contribution in [0.2, 0.25) is 0 Å². The Morgan fingerprint density at radius 1 is 1.78 bits per heavy atom. The fourth-order valence-electron chi connectivity index (χ4n) is 0.565. The Kier molecular flexibility index (Phi) is 2.02. The van der Waals surface area contributed by atoms with Crippen molar-refractivity contribution in [3.05, 3.63) is 23.4 Å². The number of hydrogen-bond donors (Lipinski definition) is 2. The Morgan fingerprint density at radius 2 is 2.56 bits per heavy atom. The van der Waals surface area contributed by atoms with Crippen molar-refractivity contribution in [1.29, 1.82) is 0 Å².